The van der Waals surface area contributed by atoms with Gasteiger partial charge in [-0.1, -0.05) is 18.2 Å². The zero-order chi connectivity index (χ0) is 19.5. The molecule has 1 unspecified atom stereocenters. The summed E-state index contributed by atoms with van der Waals surface area (Å²) in [7, 11) is 0. The SMILES string of the molecule is CC(C(=O)Nc1ccc(C#N)cc1)N1CCC(c2c[nH]c3ccccc23)CC1. The molecule has 0 spiro atoms. The van der Waals surface area contributed by atoms with Crippen molar-refractivity contribution in [1.29, 1.82) is 5.26 Å². The van der Waals surface area contributed by atoms with E-state index in [1.807, 2.05) is 6.92 Å². The summed E-state index contributed by atoms with van der Waals surface area (Å²) < 4.78 is 0. The molecular formula is C23H24N4O. The maximum absolute atomic E-state index is 12.6. The summed E-state index contributed by atoms with van der Waals surface area (Å²) >= 11 is 0. The van der Waals surface area contributed by atoms with Gasteiger partial charge in [0.2, 0.25) is 5.91 Å². The van der Waals surface area contributed by atoms with Crippen molar-refractivity contribution >= 4 is 22.5 Å². The van der Waals surface area contributed by atoms with Crippen LogP contribution in [0.3, 0.4) is 0 Å². The van der Waals surface area contributed by atoms with E-state index in [-0.39, 0.29) is 11.9 Å². The van der Waals surface area contributed by atoms with Gasteiger partial charge < -0.3 is 10.3 Å². The first-order valence-electron chi connectivity index (χ1n) is 9.77. The number of benzene rings is 2. The first kappa shape index (κ1) is 18.3. The number of rotatable bonds is 4. The van der Waals surface area contributed by atoms with Crippen molar-refractivity contribution in [1.82, 2.24) is 9.88 Å². The second-order valence-electron chi connectivity index (χ2n) is 7.45. The second kappa shape index (κ2) is 7.87. The molecule has 142 valence electrons. The van der Waals surface area contributed by atoms with Gasteiger partial charge in [0.25, 0.3) is 0 Å². The highest BCUT2D eigenvalue weighted by molar-refractivity contribution is 5.94. The van der Waals surface area contributed by atoms with Gasteiger partial charge in [0.1, 0.15) is 0 Å². The molecule has 5 heteroatoms. The molecule has 2 aromatic carbocycles. The standard InChI is InChI=1S/C23H24N4O/c1-16(23(28)26-19-8-6-17(14-24)7-9-19)27-12-10-18(11-13-27)21-15-25-22-5-3-2-4-20(21)22/h2-9,15-16,18,25H,10-13H2,1H3,(H,26,28). The fourth-order valence-corrected chi connectivity index (χ4v) is 4.07. The van der Waals surface area contributed by atoms with Gasteiger partial charge in [-0.25, -0.2) is 0 Å². The van der Waals surface area contributed by atoms with E-state index < -0.39 is 0 Å². The topological polar surface area (TPSA) is 71.9 Å². The second-order valence-corrected chi connectivity index (χ2v) is 7.45. The van der Waals surface area contributed by atoms with E-state index in [4.69, 9.17) is 5.26 Å². The zero-order valence-corrected chi connectivity index (χ0v) is 16.0. The maximum Gasteiger partial charge on any atom is 0.241 e. The number of fused-ring (bicyclic) bond motifs is 1. The molecule has 1 aliphatic heterocycles. The summed E-state index contributed by atoms with van der Waals surface area (Å²) in [6.07, 6.45) is 4.25. The number of carbonyl (C=O) groups is 1. The summed E-state index contributed by atoms with van der Waals surface area (Å²) in [5.74, 6) is 0.524. The van der Waals surface area contributed by atoms with Crippen LogP contribution in [0, 0.1) is 11.3 Å². The maximum atomic E-state index is 12.6. The number of anilines is 1. The lowest BCUT2D eigenvalue weighted by Crippen LogP contribution is -2.45. The number of hydrogen-bond acceptors (Lipinski definition) is 3. The van der Waals surface area contributed by atoms with Crippen LogP contribution in [0.4, 0.5) is 5.69 Å². The number of carbonyl (C=O) groups excluding carboxylic acids is 1. The Morgan fingerprint density at radius 2 is 1.89 bits per heavy atom. The van der Waals surface area contributed by atoms with Crippen LogP contribution in [0.2, 0.25) is 0 Å². The number of aromatic amines is 1. The summed E-state index contributed by atoms with van der Waals surface area (Å²) in [6, 6.07) is 17.3. The van der Waals surface area contributed by atoms with Crippen molar-refractivity contribution in [3.63, 3.8) is 0 Å². The predicted octanol–water partition coefficient (Wildman–Crippen LogP) is 4.25. The number of nitriles is 1. The number of likely N-dealkylation sites (tertiary alicyclic amines) is 1. The molecule has 2 N–H and O–H groups in total. The molecule has 2 heterocycles. The van der Waals surface area contributed by atoms with Crippen molar-refractivity contribution in [2.75, 3.05) is 18.4 Å². The number of aromatic nitrogens is 1. The molecule has 0 radical (unpaired) electrons. The van der Waals surface area contributed by atoms with Gasteiger partial charge in [-0.2, -0.15) is 5.26 Å². The van der Waals surface area contributed by atoms with Crippen LogP contribution >= 0.6 is 0 Å². The number of piperidine rings is 1. The average molecular weight is 372 g/mol. The Morgan fingerprint density at radius 3 is 2.61 bits per heavy atom. The molecular weight excluding hydrogens is 348 g/mol. The van der Waals surface area contributed by atoms with Crippen molar-refractivity contribution in [3.05, 3.63) is 65.9 Å². The molecule has 1 atom stereocenters. The Balaban J connectivity index is 1.36. The molecule has 1 aromatic heterocycles. The largest absolute Gasteiger partial charge is 0.361 e. The van der Waals surface area contributed by atoms with Gasteiger partial charge in [-0.3, -0.25) is 9.69 Å². The van der Waals surface area contributed by atoms with Crippen molar-refractivity contribution in [3.8, 4) is 6.07 Å². The zero-order valence-electron chi connectivity index (χ0n) is 16.0. The smallest absolute Gasteiger partial charge is 0.241 e. The van der Waals surface area contributed by atoms with E-state index in [1.165, 1.54) is 16.5 Å². The molecule has 28 heavy (non-hydrogen) atoms. The Bertz CT molecular complexity index is 1010. The van der Waals surface area contributed by atoms with Gasteiger partial charge in [-0.05, 0) is 74.7 Å². The minimum Gasteiger partial charge on any atom is -0.361 e. The lowest BCUT2D eigenvalue weighted by atomic mass is 9.88. The molecule has 1 amide bonds. The number of nitrogens with zero attached hydrogens (tertiary/aromatic N) is 2. The van der Waals surface area contributed by atoms with Crippen LogP contribution in [0.25, 0.3) is 10.9 Å². The summed E-state index contributed by atoms with van der Waals surface area (Å²) in [5.41, 5.74) is 3.90. The first-order valence-corrected chi connectivity index (χ1v) is 9.77. The number of hydrogen-bond donors (Lipinski definition) is 2. The fraction of sp³-hybridized carbons (Fsp3) is 0.304. The molecule has 1 saturated heterocycles. The molecule has 0 saturated carbocycles. The third-order valence-corrected chi connectivity index (χ3v) is 5.80. The summed E-state index contributed by atoms with van der Waals surface area (Å²) in [5, 5.41) is 13.1. The van der Waals surface area contributed by atoms with Gasteiger partial charge in [0.05, 0.1) is 17.7 Å². The lowest BCUT2D eigenvalue weighted by Gasteiger charge is -2.35. The number of amides is 1. The molecule has 0 aliphatic carbocycles. The van der Waals surface area contributed by atoms with E-state index in [1.54, 1.807) is 24.3 Å². The summed E-state index contributed by atoms with van der Waals surface area (Å²) in [4.78, 5) is 18.3. The monoisotopic (exact) mass is 372 g/mol. The highest BCUT2D eigenvalue weighted by Gasteiger charge is 2.28. The minimum absolute atomic E-state index is 0.00440. The van der Waals surface area contributed by atoms with Gasteiger partial charge in [-0.15, -0.1) is 0 Å². The van der Waals surface area contributed by atoms with E-state index in [0.29, 0.717) is 11.5 Å². The van der Waals surface area contributed by atoms with Crippen molar-refractivity contribution in [2.24, 2.45) is 0 Å². The molecule has 5 nitrogen and oxygen atoms in total. The van der Waals surface area contributed by atoms with Crippen LogP contribution in [0.5, 0.6) is 0 Å². The number of para-hydroxylation sites is 1. The number of H-pyrrole nitrogens is 1. The summed E-state index contributed by atoms with van der Waals surface area (Å²) in [6.45, 7) is 3.78. The Hall–Kier alpha value is -3.10. The predicted molar refractivity (Wildman–Crippen MR) is 111 cm³/mol. The minimum atomic E-state index is -0.181. The molecule has 0 bridgehead atoms. The Morgan fingerprint density at radius 1 is 1.18 bits per heavy atom. The van der Waals surface area contributed by atoms with Crippen LogP contribution in [-0.2, 0) is 4.79 Å². The normalized spacial score (nSPS) is 16.6. The van der Waals surface area contributed by atoms with E-state index in [2.05, 4.69) is 51.7 Å². The highest BCUT2D eigenvalue weighted by Crippen LogP contribution is 2.33. The van der Waals surface area contributed by atoms with Crippen LogP contribution in [-0.4, -0.2) is 34.9 Å². The molecule has 4 rings (SSSR count). The van der Waals surface area contributed by atoms with Gasteiger partial charge in [0, 0.05) is 22.8 Å². The Labute approximate surface area is 165 Å². The van der Waals surface area contributed by atoms with Gasteiger partial charge in [0.15, 0.2) is 0 Å². The quantitative estimate of drug-likeness (QED) is 0.719. The van der Waals surface area contributed by atoms with Crippen molar-refractivity contribution < 1.29 is 4.79 Å². The van der Waals surface area contributed by atoms with Gasteiger partial charge >= 0.3 is 0 Å². The molecule has 1 aliphatic rings. The first-order chi connectivity index (χ1) is 13.7. The molecule has 3 aromatic rings. The van der Waals surface area contributed by atoms with Crippen LogP contribution in [0.1, 0.15) is 36.8 Å². The van der Waals surface area contributed by atoms with E-state index in [9.17, 15) is 4.79 Å². The third kappa shape index (κ3) is 3.64. The lowest BCUT2D eigenvalue weighted by molar-refractivity contribution is -0.121. The third-order valence-electron chi connectivity index (χ3n) is 5.80. The van der Waals surface area contributed by atoms with Crippen LogP contribution < -0.4 is 5.32 Å². The average Bonchev–Trinajstić information content (AvgIpc) is 3.18. The fourth-order valence-electron chi connectivity index (χ4n) is 4.07. The van der Waals surface area contributed by atoms with Crippen molar-refractivity contribution in [2.45, 2.75) is 31.7 Å². The van der Waals surface area contributed by atoms with E-state index in [0.717, 1.165) is 31.6 Å². The number of nitrogens with one attached hydrogen (secondary N) is 2. The van der Waals surface area contributed by atoms with Crippen LogP contribution in [0.15, 0.2) is 54.7 Å². The van der Waals surface area contributed by atoms with E-state index >= 15 is 0 Å². The Kier molecular flexibility index (Phi) is 5.14. The highest BCUT2D eigenvalue weighted by atomic mass is 16.2. The molecule has 1 fully saturated rings.